The van der Waals surface area contributed by atoms with E-state index in [0.29, 0.717) is 24.7 Å². The van der Waals surface area contributed by atoms with E-state index in [1.54, 1.807) is 23.3 Å². The quantitative estimate of drug-likeness (QED) is 0.737. The Bertz CT molecular complexity index is 636. The first-order valence-corrected chi connectivity index (χ1v) is 8.66. The summed E-state index contributed by atoms with van der Waals surface area (Å²) in [6, 6.07) is 0.293. The molecule has 3 heterocycles. The lowest BCUT2D eigenvalue weighted by molar-refractivity contribution is -0.117. The molecule has 1 atom stereocenters. The largest absolute Gasteiger partial charge is 0.350 e. The zero-order chi connectivity index (χ0) is 14.9. The molecule has 9 heteroatoms. The number of carbonyl (C=O) groups is 1. The van der Waals surface area contributed by atoms with Gasteiger partial charge >= 0.3 is 0 Å². The molecule has 22 heavy (non-hydrogen) atoms. The summed E-state index contributed by atoms with van der Waals surface area (Å²) in [5.74, 6) is -0.0867. The normalized spacial score (nSPS) is 25.6. The van der Waals surface area contributed by atoms with Crippen molar-refractivity contribution < 1.29 is 13.2 Å². The lowest BCUT2D eigenvalue weighted by atomic mass is 10.1. The Kier molecular flexibility index (Phi) is 5.25. The molecule has 1 unspecified atom stereocenters. The fraction of sp³-hybridized carbons (Fsp3) is 0.538. The number of carbonyl (C=O) groups excluding carboxylic acids is 1. The fourth-order valence-corrected chi connectivity index (χ4v) is 3.62. The van der Waals surface area contributed by atoms with E-state index < -0.39 is 10.0 Å². The Morgan fingerprint density at radius 3 is 3.05 bits per heavy atom. The van der Waals surface area contributed by atoms with Crippen LogP contribution >= 0.6 is 12.4 Å². The molecule has 3 aliphatic heterocycles. The molecule has 0 bridgehead atoms. The third-order valence-electron chi connectivity index (χ3n) is 3.77. The number of nitrogens with zero attached hydrogens (tertiary/aromatic N) is 2. The molecule has 122 valence electrons. The summed E-state index contributed by atoms with van der Waals surface area (Å²) in [4.78, 5) is 14.0. The lowest BCUT2D eigenvalue weighted by Crippen LogP contribution is -2.44. The number of allylic oxidation sites excluding steroid dienone is 2. The summed E-state index contributed by atoms with van der Waals surface area (Å²) in [5, 5.41) is 6.15. The van der Waals surface area contributed by atoms with Gasteiger partial charge in [-0.1, -0.05) is 0 Å². The van der Waals surface area contributed by atoms with E-state index in [9.17, 15) is 13.2 Å². The van der Waals surface area contributed by atoms with Crippen LogP contribution in [0.25, 0.3) is 0 Å². The van der Waals surface area contributed by atoms with Crippen molar-refractivity contribution in [2.75, 3.05) is 25.4 Å². The molecule has 2 N–H and O–H groups in total. The van der Waals surface area contributed by atoms with E-state index in [4.69, 9.17) is 0 Å². The molecule has 1 fully saturated rings. The summed E-state index contributed by atoms with van der Waals surface area (Å²) in [6.45, 7) is 1.84. The predicted octanol–water partition coefficient (Wildman–Crippen LogP) is -0.226. The smallest absolute Gasteiger partial charge is 0.256 e. The third-order valence-corrected chi connectivity index (χ3v) is 4.92. The van der Waals surface area contributed by atoms with E-state index in [0.717, 1.165) is 19.4 Å². The minimum Gasteiger partial charge on any atom is -0.350 e. The fourth-order valence-electron chi connectivity index (χ4n) is 2.64. The maximum absolute atomic E-state index is 12.3. The highest BCUT2D eigenvalue weighted by atomic mass is 35.5. The SMILES string of the molecule is Cl.O=C(NCC1CCCN1)C1=CC=CN2CCS(=O)(=O)N=C12. The molecule has 7 nitrogen and oxygen atoms in total. The van der Waals surface area contributed by atoms with Gasteiger partial charge in [-0.15, -0.1) is 16.8 Å². The first-order chi connectivity index (χ1) is 10.1. The standard InChI is InChI=1S/C13H18N4O3S.ClH/c18-13(15-9-10-3-1-5-14-10)11-4-2-6-17-7-8-21(19,20)16-12(11)17;/h2,4,6,10,14H,1,3,5,7-9H2,(H,15,18);1H. The summed E-state index contributed by atoms with van der Waals surface area (Å²) >= 11 is 0. The molecule has 0 saturated carbocycles. The molecule has 1 saturated heterocycles. The van der Waals surface area contributed by atoms with Crippen LogP contribution in [0.15, 0.2) is 28.3 Å². The number of hydrogen-bond donors (Lipinski definition) is 2. The highest BCUT2D eigenvalue weighted by Crippen LogP contribution is 2.17. The van der Waals surface area contributed by atoms with E-state index in [1.165, 1.54) is 0 Å². The number of hydrogen-bond acceptors (Lipinski definition) is 5. The number of halogens is 1. The number of fused-ring (bicyclic) bond motifs is 1. The van der Waals surface area contributed by atoms with Crippen molar-refractivity contribution >= 4 is 34.2 Å². The summed E-state index contributed by atoms with van der Waals surface area (Å²) in [6.07, 6.45) is 7.24. The Morgan fingerprint density at radius 1 is 1.50 bits per heavy atom. The molecule has 0 aliphatic carbocycles. The van der Waals surface area contributed by atoms with Gasteiger partial charge in [-0.25, -0.2) is 8.42 Å². The second-order valence-electron chi connectivity index (χ2n) is 5.32. The van der Waals surface area contributed by atoms with Crippen LogP contribution in [0.2, 0.25) is 0 Å². The minimum absolute atomic E-state index is 0. The molecule has 1 amide bonds. The number of rotatable bonds is 3. The maximum Gasteiger partial charge on any atom is 0.256 e. The average Bonchev–Trinajstić information content (AvgIpc) is 2.96. The Morgan fingerprint density at radius 2 is 2.32 bits per heavy atom. The monoisotopic (exact) mass is 346 g/mol. The van der Waals surface area contributed by atoms with Crippen molar-refractivity contribution in [3.63, 3.8) is 0 Å². The third kappa shape index (κ3) is 3.68. The van der Waals surface area contributed by atoms with E-state index in [1.807, 2.05) is 0 Å². The Balaban J connectivity index is 0.00000176. The molecule has 0 aromatic rings. The van der Waals surface area contributed by atoms with Crippen LogP contribution < -0.4 is 10.6 Å². The van der Waals surface area contributed by atoms with Crippen molar-refractivity contribution in [1.29, 1.82) is 0 Å². The maximum atomic E-state index is 12.3. The van der Waals surface area contributed by atoms with Gasteiger partial charge in [0.25, 0.3) is 15.9 Å². The van der Waals surface area contributed by atoms with Gasteiger partial charge in [-0.2, -0.15) is 0 Å². The molecular weight excluding hydrogens is 328 g/mol. The number of amides is 1. The van der Waals surface area contributed by atoms with E-state index >= 15 is 0 Å². The van der Waals surface area contributed by atoms with E-state index in [-0.39, 0.29) is 29.9 Å². The van der Waals surface area contributed by atoms with Crippen LogP contribution in [0.5, 0.6) is 0 Å². The van der Waals surface area contributed by atoms with Crippen LogP contribution in [0.1, 0.15) is 12.8 Å². The summed E-state index contributed by atoms with van der Waals surface area (Å²) < 4.78 is 27.0. The van der Waals surface area contributed by atoms with Gasteiger partial charge in [0.15, 0.2) is 5.84 Å². The Hall–Kier alpha value is -1.38. The van der Waals surface area contributed by atoms with Gasteiger partial charge in [-0.05, 0) is 31.5 Å². The van der Waals surface area contributed by atoms with Crippen molar-refractivity contribution in [2.45, 2.75) is 18.9 Å². The number of amidine groups is 1. The van der Waals surface area contributed by atoms with Crippen LogP contribution in [-0.4, -0.2) is 56.5 Å². The van der Waals surface area contributed by atoms with Gasteiger partial charge in [0, 0.05) is 25.3 Å². The van der Waals surface area contributed by atoms with Crippen molar-refractivity contribution in [3.05, 3.63) is 23.9 Å². The van der Waals surface area contributed by atoms with Gasteiger partial charge in [-0.3, -0.25) is 4.79 Å². The first-order valence-electron chi connectivity index (χ1n) is 7.05. The van der Waals surface area contributed by atoms with Crippen LogP contribution in [-0.2, 0) is 14.8 Å². The van der Waals surface area contributed by atoms with Crippen LogP contribution in [0, 0.1) is 0 Å². The van der Waals surface area contributed by atoms with Crippen molar-refractivity contribution in [2.24, 2.45) is 4.40 Å². The van der Waals surface area contributed by atoms with Gasteiger partial charge in [0.2, 0.25) is 0 Å². The zero-order valence-electron chi connectivity index (χ0n) is 12.0. The molecule has 3 aliphatic rings. The topological polar surface area (TPSA) is 90.9 Å². The number of sulfonamides is 1. The second-order valence-corrected chi connectivity index (χ2v) is 7.07. The predicted molar refractivity (Wildman–Crippen MR) is 86.4 cm³/mol. The van der Waals surface area contributed by atoms with E-state index in [2.05, 4.69) is 15.0 Å². The molecule has 3 rings (SSSR count). The molecule has 0 aromatic carbocycles. The first kappa shape index (κ1) is 17.0. The lowest BCUT2D eigenvalue weighted by Gasteiger charge is -2.28. The van der Waals surface area contributed by atoms with Crippen molar-refractivity contribution in [3.8, 4) is 0 Å². The van der Waals surface area contributed by atoms with Gasteiger partial charge in [0.05, 0.1) is 11.3 Å². The van der Waals surface area contributed by atoms with Crippen LogP contribution in [0.3, 0.4) is 0 Å². The highest BCUT2D eigenvalue weighted by molar-refractivity contribution is 7.90. The molecular formula is C13H19ClN4O3S. The molecule has 0 aromatic heterocycles. The second kappa shape index (κ2) is 6.80. The van der Waals surface area contributed by atoms with Crippen molar-refractivity contribution in [1.82, 2.24) is 15.5 Å². The molecule has 0 spiro atoms. The van der Waals surface area contributed by atoms with Gasteiger partial charge < -0.3 is 15.5 Å². The highest BCUT2D eigenvalue weighted by Gasteiger charge is 2.30. The summed E-state index contributed by atoms with van der Waals surface area (Å²) in [7, 11) is -3.47. The summed E-state index contributed by atoms with van der Waals surface area (Å²) in [5.41, 5.74) is 0.304. The zero-order valence-corrected chi connectivity index (χ0v) is 13.6. The van der Waals surface area contributed by atoms with Gasteiger partial charge in [0.1, 0.15) is 0 Å². The molecule has 0 radical (unpaired) electrons. The van der Waals surface area contributed by atoms with Crippen LogP contribution in [0.4, 0.5) is 0 Å². The minimum atomic E-state index is -3.47. The Labute approximate surface area is 136 Å². The average molecular weight is 347 g/mol. The number of nitrogens with one attached hydrogen (secondary N) is 2.